The second-order valence-corrected chi connectivity index (χ2v) is 10.1. The van der Waals surface area contributed by atoms with Crippen molar-refractivity contribution in [1.82, 2.24) is 20.2 Å². The molecule has 2 heterocycles. The van der Waals surface area contributed by atoms with Gasteiger partial charge in [0, 0.05) is 30.1 Å². The molecule has 2 N–H and O–H groups in total. The van der Waals surface area contributed by atoms with Gasteiger partial charge >= 0.3 is 6.01 Å². The van der Waals surface area contributed by atoms with Crippen LogP contribution in [-0.4, -0.2) is 60.1 Å². The highest BCUT2D eigenvalue weighted by atomic mass is 19.1. The quantitative estimate of drug-likeness (QED) is 0.334. The van der Waals surface area contributed by atoms with Gasteiger partial charge in [-0.05, 0) is 74.0 Å². The van der Waals surface area contributed by atoms with Gasteiger partial charge in [0.15, 0.2) is 5.82 Å². The van der Waals surface area contributed by atoms with Crippen LogP contribution in [0.2, 0.25) is 0 Å². The summed E-state index contributed by atoms with van der Waals surface area (Å²) in [6, 6.07) is 10.3. The summed E-state index contributed by atoms with van der Waals surface area (Å²) in [7, 11) is 2.08. The van der Waals surface area contributed by atoms with Crippen LogP contribution in [0.1, 0.15) is 30.9 Å². The summed E-state index contributed by atoms with van der Waals surface area (Å²) in [5.41, 5.74) is 4.21. The number of fused-ring (bicyclic) bond motifs is 2. The molecule has 1 fully saturated rings. The van der Waals surface area contributed by atoms with Gasteiger partial charge in [0.1, 0.15) is 17.9 Å². The van der Waals surface area contributed by atoms with Crippen molar-refractivity contribution in [3.63, 3.8) is 0 Å². The molecule has 1 aliphatic heterocycles. The Labute approximate surface area is 217 Å². The SMILES string of the molecule is C=CC(=O)NCCNc1nc(OC[C@@H]2CCCN2C)nc2c(F)c(-c3cccc4c3CC(C)C4)ccc12. The number of rotatable bonds is 9. The minimum absolute atomic E-state index is 0.147. The average molecular weight is 504 g/mol. The summed E-state index contributed by atoms with van der Waals surface area (Å²) in [6.07, 6.45) is 5.37. The molecular weight excluding hydrogens is 469 g/mol. The number of anilines is 1. The number of carbonyl (C=O) groups excluding carboxylic acids is 1. The molecule has 5 rings (SSSR count). The predicted molar refractivity (Wildman–Crippen MR) is 144 cm³/mol. The van der Waals surface area contributed by atoms with E-state index < -0.39 is 0 Å². The minimum Gasteiger partial charge on any atom is -0.462 e. The monoisotopic (exact) mass is 503 g/mol. The highest BCUT2D eigenvalue weighted by Gasteiger charge is 2.25. The fraction of sp³-hybridized carbons (Fsp3) is 0.414. The maximum Gasteiger partial charge on any atom is 0.319 e. The van der Waals surface area contributed by atoms with Gasteiger partial charge in [-0.25, -0.2) is 4.39 Å². The molecule has 3 aromatic rings. The second kappa shape index (κ2) is 10.8. The van der Waals surface area contributed by atoms with E-state index >= 15 is 4.39 Å². The van der Waals surface area contributed by atoms with E-state index in [2.05, 4.69) is 52.1 Å². The molecule has 0 radical (unpaired) electrons. The number of likely N-dealkylation sites (N-methyl/N-ethyl adjacent to an activating group) is 1. The highest BCUT2D eigenvalue weighted by Crippen LogP contribution is 2.38. The van der Waals surface area contributed by atoms with Crippen LogP contribution in [-0.2, 0) is 17.6 Å². The number of halogens is 1. The van der Waals surface area contributed by atoms with Crippen LogP contribution >= 0.6 is 0 Å². The number of hydrogen-bond donors (Lipinski definition) is 2. The van der Waals surface area contributed by atoms with E-state index in [1.54, 1.807) is 0 Å². The second-order valence-electron chi connectivity index (χ2n) is 10.1. The first-order chi connectivity index (χ1) is 17.9. The molecule has 0 saturated carbocycles. The lowest BCUT2D eigenvalue weighted by Gasteiger charge is -2.19. The first kappa shape index (κ1) is 25.1. The maximum atomic E-state index is 16.2. The van der Waals surface area contributed by atoms with E-state index in [0.29, 0.717) is 42.4 Å². The zero-order chi connectivity index (χ0) is 25.9. The Bertz CT molecular complexity index is 1330. The first-order valence-electron chi connectivity index (χ1n) is 13.0. The Morgan fingerprint density at radius 3 is 2.86 bits per heavy atom. The Hall–Kier alpha value is -3.52. The molecule has 1 aromatic heterocycles. The van der Waals surface area contributed by atoms with Gasteiger partial charge in [-0.1, -0.05) is 37.8 Å². The van der Waals surface area contributed by atoms with Crippen LogP contribution in [0.4, 0.5) is 10.2 Å². The lowest BCUT2D eigenvalue weighted by molar-refractivity contribution is -0.116. The number of benzene rings is 2. The highest BCUT2D eigenvalue weighted by molar-refractivity contribution is 5.93. The van der Waals surface area contributed by atoms with E-state index in [0.717, 1.165) is 37.8 Å². The number of carbonyl (C=O) groups is 1. The van der Waals surface area contributed by atoms with Gasteiger partial charge in [-0.15, -0.1) is 0 Å². The summed E-state index contributed by atoms with van der Waals surface area (Å²) in [6.45, 7) is 7.95. The number of likely N-dealkylation sites (tertiary alicyclic amines) is 1. The molecule has 8 heteroatoms. The summed E-state index contributed by atoms with van der Waals surface area (Å²) in [4.78, 5) is 22.9. The first-order valence-corrected chi connectivity index (χ1v) is 13.0. The largest absolute Gasteiger partial charge is 0.462 e. The molecule has 0 bridgehead atoms. The van der Waals surface area contributed by atoms with Crippen molar-refractivity contribution in [3.8, 4) is 17.1 Å². The fourth-order valence-electron chi connectivity index (χ4n) is 5.46. The van der Waals surface area contributed by atoms with Crippen LogP contribution in [0, 0.1) is 11.7 Å². The number of nitrogens with zero attached hydrogens (tertiary/aromatic N) is 3. The van der Waals surface area contributed by atoms with Crippen LogP contribution in [0.25, 0.3) is 22.0 Å². The molecule has 2 atom stereocenters. The molecule has 2 aromatic carbocycles. The average Bonchev–Trinajstić information content (AvgIpc) is 3.49. The van der Waals surface area contributed by atoms with Crippen LogP contribution in [0.5, 0.6) is 6.01 Å². The normalized spacial score (nSPS) is 19.1. The molecule has 37 heavy (non-hydrogen) atoms. The number of ether oxygens (including phenoxy) is 1. The van der Waals surface area contributed by atoms with Crippen molar-refractivity contribution in [2.75, 3.05) is 38.6 Å². The standard InChI is InChI=1S/C29H34FN5O2/c1-4-25(36)31-12-13-32-28-23-11-10-22(21-9-5-7-19-15-18(2)16-24(19)21)26(30)27(23)33-29(34-28)37-17-20-8-6-14-35(20)3/h4-5,7,9-11,18,20H,1,6,8,12-17H2,2-3H3,(H,31,36)(H,32,33,34)/t18?,20-/m0/s1. The molecule has 1 unspecified atom stereocenters. The summed E-state index contributed by atoms with van der Waals surface area (Å²) in [5.74, 6) is 0.399. The van der Waals surface area contributed by atoms with Crippen molar-refractivity contribution in [1.29, 1.82) is 0 Å². The van der Waals surface area contributed by atoms with E-state index in [1.807, 2.05) is 24.3 Å². The Balaban J connectivity index is 1.49. The summed E-state index contributed by atoms with van der Waals surface area (Å²) >= 11 is 0. The van der Waals surface area contributed by atoms with Crippen LogP contribution in [0.15, 0.2) is 43.0 Å². The number of amides is 1. The smallest absolute Gasteiger partial charge is 0.319 e. The maximum absolute atomic E-state index is 16.2. The Kier molecular flexibility index (Phi) is 7.37. The van der Waals surface area contributed by atoms with Gasteiger partial charge in [0.2, 0.25) is 5.91 Å². The molecular formula is C29H34FN5O2. The lowest BCUT2D eigenvalue weighted by Crippen LogP contribution is -2.31. The Morgan fingerprint density at radius 1 is 1.22 bits per heavy atom. The van der Waals surface area contributed by atoms with Crippen molar-refractivity contribution < 1.29 is 13.9 Å². The van der Waals surface area contributed by atoms with Crippen LogP contribution in [0.3, 0.4) is 0 Å². The third-order valence-corrected chi connectivity index (χ3v) is 7.45. The molecule has 2 aliphatic rings. The number of nitrogens with one attached hydrogen (secondary N) is 2. The molecule has 194 valence electrons. The van der Waals surface area contributed by atoms with Gasteiger partial charge in [0.25, 0.3) is 0 Å². The van der Waals surface area contributed by atoms with Gasteiger partial charge in [-0.2, -0.15) is 9.97 Å². The Morgan fingerprint density at radius 2 is 2.08 bits per heavy atom. The zero-order valence-electron chi connectivity index (χ0n) is 21.5. The summed E-state index contributed by atoms with van der Waals surface area (Å²) in [5, 5.41) is 6.52. The van der Waals surface area contributed by atoms with Gasteiger partial charge in [0.05, 0.1) is 0 Å². The topological polar surface area (TPSA) is 79.4 Å². The lowest BCUT2D eigenvalue weighted by atomic mass is 9.95. The van der Waals surface area contributed by atoms with E-state index in [9.17, 15) is 4.79 Å². The number of aromatic nitrogens is 2. The van der Waals surface area contributed by atoms with Gasteiger partial charge in [-0.3, -0.25) is 4.79 Å². The third-order valence-electron chi connectivity index (χ3n) is 7.45. The van der Waals surface area contributed by atoms with E-state index in [-0.39, 0.29) is 29.3 Å². The minimum atomic E-state index is -0.376. The molecule has 1 aliphatic carbocycles. The van der Waals surface area contributed by atoms with Crippen molar-refractivity contribution in [2.24, 2.45) is 5.92 Å². The fourth-order valence-corrected chi connectivity index (χ4v) is 5.46. The van der Waals surface area contributed by atoms with E-state index in [1.165, 1.54) is 17.2 Å². The van der Waals surface area contributed by atoms with Crippen molar-refractivity contribution in [3.05, 3.63) is 59.9 Å². The molecule has 1 amide bonds. The summed E-state index contributed by atoms with van der Waals surface area (Å²) < 4.78 is 22.2. The predicted octanol–water partition coefficient (Wildman–Crippen LogP) is 4.36. The van der Waals surface area contributed by atoms with Gasteiger partial charge < -0.3 is 20.3 Å². The molecule has 1 saturated heterocycles. The third kappa shape index (κ3) is 5.30. The number of hydrogen-bond acceptors (Lipinski definition) is 6. The molecule has 0 spiro atoms. The van der Waals surface area contributed by atoms with Crippen LogP contribution < -0.4 is 15.4 Å². The molecule has 7 nitrogen and oxygen atoms in total. The zero-order valence-corrected chi connectivity index (χ0v) is 21.5. The van der Waals surface area contributed by atoms with E-state index in [4.69, 9.17) is 4.74 Å². The van der Waals surface area contributed by atoms with Crippen molar-refractivity contribution >= 4 is 22.6 Å². The van der Waals surface area contributed by atoms with Crippen molar-refractivity contribution in [2.45, 2.75) is 38.6 Å².